The third-order valence-corrected chi connectivity index (χ3v) is 7.48. The molecule has 1 unspecified atom stereocenters. The molecule has 2 saturated heterocycles. The van der Waals surface area contributed by atoms with E-state index in [9.17, 15) is 0 Å². The topological polar surface area (TPSA) is 18.5 Å². The monoisotopic (exact) mass is 318 g/mol. The van der Waals surface area contributed by atoms with E-state index in [0.717, 1.165) is 6.42 Å². The maximum atomic E-state index is 6.26. The molecule has 2 nitrogen and oxygen atoms in total. The van der Waals surface area contributed by atoms with E-state index in [2.05, 4.69) is 58.1 Å². The standard InChI is InChI=1S/C16H30O2S2/c1-6-11(2)15-12(3)13(17-16(4,5)18-15)10-14-19-8-7-9-20-14/h11-15H,6-10H2,1-5H3/t11?,12-,13-,15+/m0/s1. The van der Waals surface area contributed by atoms with Crippen molar-refractivity contribution in [2.75, 3.05) is 11.5 Å². The van der Waals surface area contributed by atoms with Gasteiger partial charge in [0, 0.05) is 5.92 Å². The molecule has 2 aliphatic heterocycles. The second kappa shape index (κ2) is 7.26. The summed E-state index contributed by atoms with van der Waals surface area (Å²) >= 11 is 4.23. The van der Waals surface area contributed by atoms with Gasteiger partial charge in [-0.1, -0.05) is 27.2 Å². The van der Waals surface area contributed by atoms with Gasteiger partial charge in [0.05, 0.1) is 16.8 Å². The lowest BCUT2D eigenvalue weighted by atomic mass is 9.85. The summed E-state index contributed by atoms with van der Waals surface area (Å²) < 4.78 is 13.2. The third kappa shape index (κ3) is 4.31. The minimum Gasteiger partial charge on any atom is -0.347 e. The van der Waals surface area contributed by atoms with Crippen LogP contribution in [-0.4, -0.2) is 34.1 Å². The quantitative estimate of drug-likeness (QED) is 0.742. The van der Waals surface area contributed by atoms with Crippen molar-refractivity contribution in [3.8, 4) is 0 Å². The number of hydrogen-bond acceptors (Lipinski definition) is 4. The van der Waals surface area contributed by atoms with Gasteiger partial charge in [-0.15, -0.1) is 23.5 Å². The van der Waals surface area contributed by atoms with Crippen LogP contribution in [0.15, 0.2) is 0 Å². The molecule has 0 spiro atoms. The first kappa shape index (κ1) is 17.0. The van der Waals surface area contributed by atoms with Gasteiger partial charge in [-0.05, 0) is 44.1 Å². The van der Waals surface area contributed by atoms with E-state index in [-0.39, 0.29) is 0 Å². The Balaban J connectivity index is 2.01. The van der Waals surface area contributed by atoms with Crippen molar-refractivity contribution in [2.24, 2.45) is 11.8 Å². The highest BCUT2D eigenvalue weighted by molar-refractivity contribution is 8.17. The second-order valence-corrected chi connectivity index (χ2v) is 9.56. The van der Waals surface area contributed by atoms with Crippen LogP contribution in [-0.2, 0) is 9.47 Å². The van der Waals surface area contributed by atoms with Crippen molar-refractivity contribution in [3.63, 3.8) is 0 Å². The number of thioether (sulfide) groups is 2. The predicted molar refractivity (Wildman–Crippen MR) is 90.4 cm³/mol. The summed E-state index contributed by atoms with van der Waals surface area (Å²) in [6, 6.07) is 0. The highest BCUT2D eigenvalue weighted by atomic mass is 32.2. The van der Waals surface area contributed by atoms with Gasteiger partial charge in [0.2, 0.25) is 0 Å². The Hall–Kier alpha value is 0.620. The minimum absolute atomic E-state index is 0.326. The first-order chi connectivity index (χ1) is 9.43. The minimum atomic E-state index is -0.435. The molecule has 2 fully saturated rings. The van der Waals surface area contributed by atoms with E-state index < -0.39 is 5.79 Å². The van der Waals surface area contributed by atoms with Crippen LogP contribution < -0.4 is 0 Å². The predicted octanol–water partition coefficient (Wildman–Crippen LogP) is 4.78. The lowest BCUT2D eigenvalue weighted by Gasteiger charge is -2.47. The zero-order chi connectivity index (χ0) is 14.8. The van der Waals surface area contributed by atoms with E-state index in [0.29, 0.717) is 28.6 Å². The maximum absolute atomic E-state index is 6.26. The lowest BCUT2D eigenvalue weighted by molar-refractivity contribution is -0.327. The smallest absolute Gasteiger partial charge is 0.163 e. The summed E-state index contributed by atoms with van der Waals surface area (Å²) in [5, 5.41) is 0. The van der Waals surface area contributed by atoms with Crippen molar-refractivity contribution >= 4 is 23.5 Å². The number of rotatable bonds is 4. The molecule has 0 aromatic carbocycles. The van der Waals surface area contributed by atoms with Crippen molar-refractivity contribution in [2.45, 2.75) is 76.5 Å². The summed E-state index contributed by atoms with van der Waals surface area (Å²) in [5.41, 5.74) is 0. The fourth-order valence-corrected chi connectivity index (χ4v) is 6.08. The molecule has 0 aromatic heterocycles. The highest BCUT2D eigenvalue weighted by Crippen LogP contribution is 2.41. The van der Waals surface area contributed by atoms with Crippen molar-refractivity contribution in [1.82, 2.24) is 0 Å². The van der Waals surface area contributed by atoms with Gasteiger partial charge in [-0.25, -0.2) is 0 Å². The molecule has 0 bridgehead atoms. The molecule has 118 valence electrons. The van der Waals surface area contributed by atoms with Crippen LogP contribution in [0.25, 0.3) is 0 Å². The number of hydrogen-bond donors (Lipinski definition) is 0. The van der Waals surface area contributed by atoms with Gasteiger partial charge < -0.3 is 9.47 Å². The molecule has 0 aliphatic carbocycles. The van der Waals surface area contributed by atoms with Gasteiger partial charge in [-0.3, -0.25) is 0 Å². The van der Waals surface area contributed by atoms with Crippen molar-refractivity contribution in [1.29, 1.82) is 0 Å². The summed E-state index contributed by atoms with van der Waals surface area (Å²) in [7, 11) is 0. The largest absolute Gasteiger partial charge is 0.347 e. The molecule has 0 saturated carbocycles. The van der Waals surface area contributed by atoms with Crippen LogP contribution in [0.3, 0.4) is 0 Å². The van der Waals surface area contributed by atoms with Crippen LogP contribution in [0.2, 0.25) is 0 Å². The Labute approximate surface area is 133 Å². The SMILES string of the molecule is CCC(C)[C@H]1OC(C)(C)O[C@@H](CC2SCCCS2)[C@@H]1C. The van der Waals surface area contributed by atoms with E-state index in [4.69, 9.17) is 9.47 Å². The van der Waals surface area contributed by atoms with E-state index in [1.165, 1.54) is 24.3 Å². The molecule has 0 N–H and O–H groups in total. The summed E-state index contributed by atoms with van der Waals surface area (Å²) in [6.07, 6.45) is 4.35. The van der Waals surface area contributed by atoms with Gasteiger partial charge in [0.25, 0.3) is 0 Å². The zero-order valence-electron chi connectivity index (χ0n) is 13.6. The molecule has 4 atom stereocenters. The Bertz CT molecular complexity index is 303. The average Bonchev–Trinajstić information content (AvgIpc) is 2.42. The van der Waals surface area contributed by atoms with Crippen LogP contribution in [0, 0.1) is 11.8 Å². The molecule has 4 heteroatoms. The third-order valence-electron chi connectivity index (χ3n) is 4.49. The summed E-state index contributed by atoms with van der Waals surface area (Å²) in [6.45, 7) is 11.0. The van der Waals surface area contributed by atoms with Crippen LogP contribution in [0.1, 0.15) is 53.9 Å². The highest BCUT2D eigenvalue weighted by Gasteiger charge is 2.43. The Kier molecular flexibility index (Phi) is 6.16. The van der Waals surface area contributed by atoms with Crippen LogP contribution in [0.4, 0.5) is 0 Å². The van der Waals surface area contributed by atoms with Crippen molar-refractivity contribution < 1.29 is 9.47 Å². The maximum Gasteiger partial charge on any atom is 0.163 e. The summed E-state index contributed by atoms with van der Waals surface area (Å²) in [4.78, 5) is 0. The molecule has 0 amide bonds. The Morgan fingerprint density at radius 1 is 1.20 bits per heavy atom. The molecule has 0 aromatic rings. The molecule has 2 rings (SSSR count). The first-order valence-corrected chi connectivity index (χ1v) is 10.1. The molecule has 0 radical (unpaired) electrons. The molecule has 20 heavy (non-hydrogen) atoms. The fraction of sp³-hybridized carbons (Fsp3) is 1.00. The van der Waals surface area contributed by atoms with Gasteiger partial charge in [0.1, 0.15) is 0 Å². The van der Waals surface area contributed by atoms with E-state index >= 15 is 0 Å². The lowest BCUT2D eigenvalue weighted by Crippen LogP contribution is -2.52. The summed E-state index contributed by atoms with van der Waals surface area (Å²) in [5.74, 6) is 3.28. The molecular formula is C16H30O2S2. The molecular weight excluding hydrogens is 288 g/mol. The van der Waals surface area contributed by atoms with Crippen LogP contribution >= 0.6 is 23.5 Å². The van der Waals surface area contributed by atoms with E-state index in [1.54, 1.807) is 0 Å². The van der Waals surface area contributed by atoms with Gasteiger partial charge >= 0.3 is 0 Å². The Morgan fingerprint density at radius 2 is 1.85 bits per heavy atom. The van der Waals surface area contributed by atoms with Crippen LogP contribution in [0.5, 0.6) is 0 Å². The second-order valence-electron chi connectivity index (χ2n) is 6.64. The normalized spacial score (nSPS) is 36.8. The number of ether oxygens (including phenoxy) is 2. The first-order valence-electron chi connectivity index (χ1n) is 8.01. The average molecular weight is 319 g/mol. The zero-order valence-corrected chi connectivity index (χ0v) is 15.2. The van der Waals surface area contributed by atoms with Gasteiger partial charge in [0.15, 0.2) is 5.79 Å². The Morgan fingerprint density at radius 3 is 2.45 bits per heavy atom. The van der Waals surface area contributed by atoms with Gasteiger partial charge in [-0.2, -0.15) is 0 Å². The van der Waals surface area contributed by atoms with E-state index in [1.807, 2.05) is 0 Å². The molecule has 2 heterocycles. The molecule has 2 aliphatic rings. The van der Waals surface area contributed by atoms with Crippen molar-refractivity contribution in [3.05, 3.63) is 0 Å². The fourth-order valence-electron chi connectivity index (χ4n) is 3.14.